The molecule has 0 saturated heterocycles. The van der Waals surface area contributed by atoms with Gasteiger partial charge in [-0.2, -0.15) is 4.31 Å². The molecule has 6 heteroatoms. The van der Waals surface area contributed by atoms with Gasteiger partial charge in [-0.25, -0.2) is 13.2 Å². The van der Waals surface area contributed by atoms with Crippen LogP contribution in [0, 0.1) is 6.92 Å². The largest absolute Gasteiger partial charge is 0.465 e. The zero-order chi connectivity index (χ0) is 18.0. The van der Waals surface area contributed by atoms with E-state index in [2.05, 4.69) is 4.74 Å². The lowest BCUT2D eigenvalue weighted by molar-refractivity contribution is 0.0600. The van der Waals surface area contributed by atoms with Gasteiger partial charge in [-0.05, 0) is 43.5 Å². The Balaban J connectivity index is 1.92. The Morgan fingerprint density at radius 1 is 1.16 bits per heavy atom. The van der Waals surface area contributed by atoms with E-state index in [9.17, 15) is 13.2 Å². The average Bonchev–Trinajstić information content (AvgIpc) is 3.45. The van der Waals surface area contributed by atoms with Gasteiger partial charge in [0.25, 0.3) is 0 Å². The van der Waals surface area contributed by atoms with Gasteiger partial charge >= 0.3 is 5.97 Å². The normalized spacial score (nSPS) is 14.5. The van der Waals surface area contributed by atoms with Crippen LogP contribution in [-0.4, -0.2) is 31.8 Å². The van der Waals surface area contributed by atoms with Crippen molar-refractivity contribution in [2.75, 3.05) is 7.11 Å². The highest BCUT2D eigenvalue weighted by atomic mass is 32.2. The van der Waals surface area contributed by atoms with Gasteiger partial charge in [-0.15, -0.1) is 0 Å². The summed E-state index contributed by atoms with van der Waals surface area (Å²) in [4.78, 5) is 11.8. The third-order valence-corrected chi connectivity index (χ3v) is 6.17. The molecule has 1 fully saturated rings. The van der Waals surface area contributed by atoms with E-state index in [-0.39, 0.29) is 16.5 Å². The number of hydrogen-bond acceptors (Lipinski definition) is 4. The fourth-order valence-electron chi connectivity index (χ4n) is 2.68. The fourth-order valence-corrected chi connectivity index (χ4v) is 4.40. The lowest BCUT2D eigenvalue weighted by Crippen LogP contribution is -2.32. The summed E-state index contributed by atoms with van der Waals surface area (Å²) >= 11 is 0. The maximum atomic E-state index is 13.1. The molecule has 0 spiro atoms. The molecule has 2 aromatic carbocycles. The number of methoxy groups -OCH3 is 1. The van der Waals surface area contributed by atoms with Crippen LogP contribution < -0.4 is 0 Å². The van der Waals surface area contributed by atoms with Gasteiger partial charge in [0.05, 0.1) is 17.6 Å². The summed E-state index contributed by atoms with van der Waals surface area (Å²) in [5.74, 6) is -0.548. The third-order valence-electron chi connectivity index (χ3n) is 4.27. The molecule has 0 radical (unpaired) electrons. The van der Waals surface area contributed by atoms with Gasteiger partial charge < -0.3 is 4.74 Å². The van der Waals surface area contributed by atoms with Crippen LogP contribution in [0.2, 0.25) is 0 Å². The Bertz CT molecular complexity index is 871. The third kappa shape index (κ3) is 3.91. The number of nitrogens with zero attached hydrogens (tertiary/aromatic N) is 1. The van der Waals surface area contributed by atoms with E-state index < -0.39 is 16.0 Å². The van der Waals surface area contributed by atoms with Crippen LogP contribution in [0.5, 0.6) is 0 Å². The van der Waals surface area contributed by atoms with E-state index in [4.69, 9.17) is 0 Å². The van der Waals surface area contributed by atoms with Crippen molar-refractivity contribution in [3.8, 4) is 0 Å². The topological polar surface area (TPSA) is 63.7 Å². The van der Waals surface area contributed by atoms with E-state index in [0.29, 0.717) is 6.54 Å². The number of ether oxygens (including phenoxy) is 1. The van der Waals surface area contributed by atoms with Gasteiger partial charge in [0.1, 0.15) is 0 Å². The summed E-state index contributed by atoms with van der Waals surface area (Å²) in [6.07, 6.45) is 1.73. The van der Waals surface area contributed by atoms with Crippen molar-refractivity contribution in [3.63, 3.8) is 0 Å². The fraction of sp³-hybridized carbons (Fsp3) is 0.316. The second-order valence-electron chi connectivity index (χ2n) is 6.29. The summed E-state index contributed by atoms with van der Waals surface area (Å²) in [6, 6.07) is 13.9. The highest BCUT2D eigenvalue weighted by Crippen LogP contribution is 2.33. The maximum absolute atomic E-state index is 13.1. The number of esters is 1. The average molecular weight is 359 g/mol. The van der Waals surface area contributed by atoms with E-state index in [0.717, 1.165) is 24.0 Å². The summed E-state index contributed by atoms with van der Waals surface area (Å²) in [5.41, 5.74) is 2.32. The monoisotopic (exact) mass is 359 g/mol. The van der Waals surface area contributed by atoms with Gasteiger partial charge in [0.2, 0.25) is 10.0 Å². The molecular weight excluding hydrogens is 338 g/mol. The molecule has 25 heavy (non-hydrogen) atoms. The molecule has 2 aromatic rings. The second-order valence-corrected chi connectivity index (χ2v) is 8.18. The minimum Gasteiger partial charge on any atom is -0.465 e. The molecule has 0 N–H and O–H groups in total. The minimum absolute atomic E-state index is 0.0214. The van der Waals surface area contributed by atoms with Crippen LogP contribution >= 0.6 is 0 Å². The zero-order valence-electron chi connectivity index (χ0n) is 14.3. The first-order valence-corrected chi connectivity index (χ1v) is 9.61. The van der Waals surface area contributed by atoms with Crippen LogP contribution in [-0.2, 0) is 21.3 Å². The Hall–Kier alpha value is -2.18. The number of benzene rings is 2. The number of carbonyl (C=O) groups excluding carboxylic acids is 1. The predicted octanol–water partition coefficient (Wildman–Crippen LogP) is 3.13. The van der Waals surface area contributed by atoms with Crippen LogP contribution in [0.25, 0.3) is 0 Å². The zero-order valence-corrected chi connectivity index (χ0v) is 15.1. The molecule has 0 amide bonds. The molecule has 0 unspecified atom stereocenters. The van der Waals surface area contributed by atoms with E-state index in [1.165, 1.54) is 23.5 Å². The van der Waals surface area contributed by atoms with Crippen LogP contribution in [0.1, 0.15) is 34.3 Å². The Morgan fingerprint density at radius 2 is 1.84 bits per heavy atom. The van der Waals surface area contributed by atoms with Crippen LogP contribution in [0.15, 0.2) is 53.4 Å². The summed E-state index contributed by atoms with van der Waals surface area (Å²) in [7, 11) is -2.41. The molecule has 0 bridgehead atoms. The minimum atomic E-state index is -3.68. The first-order chi connectivity index (χ1) is 11.9. The smallest absolute Gasteiger partial charge is 0.337 e. The SMILES string of the molecule is COC(=O)c1cccc(S(=O)(=O)N(Cc2ccc(C)cc2)C2CC2)c1. The summed E-state index contributed by atoms with van der Waals surface area (Å²) < 4.78 is 32.5. The van der Waals surface area contributed by atoms with Crippen molar-refractivity contribution >= 4 is 16.0 Å². The standard InChI is InChI=1S/C19H21NO4S/c1-14-6-8-15(9-7-14)13-20(17-10-11-17)25(22,23)18-5-3-4-16(12-18)19(21)24-2/h3-9,12,17H,10-11,13H2,1-2H3. The second kappa shape index (κ2) is 6.98. The Kier molecular flexibility index (Phi) is 4.92. The summed E-state index contributed by atoms with van der Waals surface area (Å²) in [5, 5.41) is 0. The predicted molar refractivity (Wildman–Crippen MR) is 94.7 cm³/mol. The highest BCUT2D eigenvalue weighted by Gasteiger charge is 2.38. The Morgan fingerprint density at radius 3 is 2.44 bits per heavy atom. The first kappa shape index (κ1) is 17.6. The molecule has 3 rings (SSSR count). The molecular formula is C19H21NO4S. The molecule has 1 saturated carbocycles. The van der Waals surface area contributed by atoms with Crippen molar-refractivity contribution in [1.82, 2.24) is 4.31 Å². The Labute approximate surface area is 148 Å². The van der Waals surface area contributed by atoms with E-state index >= 15 is 0 Å². The lowest BCUT2D eigenvalue weighted by Gasteiger charge is -2.22. The van der Waals surface area contributed by atoms with Crippen LogP contribution in [0.4, 0.5) is 0 Å². The molecule has 5 nitrogen and oxygen atoms in total. The molecule has 0 atom stereocenters. The number of carbonyl (C=O) groups is 1. The van der Waals surface area contributed by atoms with Crippen LogP contribution in [0.3, 0.4) is 0 Å². The number of sulfonamides is 1. The van der Waals surface area contributed by atoms with Crippen molar-refractivity contribution in [1.29, 1.82) is 0 Å². The number of rotatable bonds is 6. The first-order valence-electron chi connectivity index (χ1n) is 8.17. The molecule has 0 aliphatic heterocycles. The highest BCUT2D eigenvalue weighted by molar-refractivity contribution is 7.89. The number of aryl methyl sites for hydroxylation is 1. The summed E-state index contributed by atoms with van der Waals surface area (Å²) in [6.45, 7) is 2.33. The van der Waals surface area contributed by atoms with E-state index in [1.807, 2.05) is 31.2 Å². The van der Waals surface area contributed by atoms with Gasteiger partial charge in [-0.3, -0.25) is 0 Å². The van der Waals surface area contributed by atoms with E-state index in [1.54, 1.807) is 12.1 Å². The van der Waals surface area contributed by atoms with Gasteiger partial charge in [-0.1, -0.05) is 35.9 Å². The van der Waals surface area contributed by atoms with Crippen molar-refractivity contribution in [2.24, 2.45) is 0 Å². The van der Waals surface area contributed by atoms with Crippen molar-refractivity contribution in [2.45, 2.75) is 37.2 Å². The van der Waals surface area contributed by atoms with Gasteiger partial charge in [0.15, 0.2) is 0 Å². The quantitative estimate of drug-likeness (QED) is 0.744. The van der Waals surface area contributed by atoms with Crippen molar-refractivity contribution in [3.05, 3.63) is 65.2 Å². The molecule has 0 aromatic heterocycles. The van der Waals surface area contributed by atoms with Gasteiger partial charge in [0, 0.05) is 12.6 Å². The maximum Gasteiger partial charge on any atom is 0.337 e. The molecule has 1 aliphatic carbocycles. The molecule has 132 valence electrons. The van der Waals surface area contributed by atoms with Crippen molar-refractivity contribution < 1.29 is 17.9 Å². The molecule has 1 aliphatic rings. The lowest BCUT2D eigenvalue weighted by atomic mass is 10.1. The number of hydrogen-bond donors (Lipinski definition) is 0. The molecule has 0 heterocycles.